The molecule has 1 aliphatic rings. The fraction of sp³-hybridized carbons (Fsp3) is 0.348. The normalized spacial score (nSPS) is 19.1. The molecule has 2 atom stereocenters. The van der Waals surface area contributed by atoms with Gasteiger partial charge in [0.25, 0.3) is 5.91 Å². The van der Waals surface area contributed by atoms with E-state index in [0.29, 0.717) is 41.1 Å². The number of alkyl halides is 3. The minimum atomic E-state index is -4.36. The van der Waals surface area contributed by atoms with Crippen molar-refractivity contribution in [3.63, 3.8) is 0 Å². The highest BCUT2D eigenvalue weighted by Gasteiger charge is 2.32. The van der Waals surface area contributed by atoms with Gasteiger partial charge in [-0.2, -0.15) is 13.2 Å². The number of carbonyl (C=O) groups is 1. The monoisotopic (exact) mass is 443 g/mol. The number of fused-ring (bicyclic) bond motifs is 1. The van der Waals surface area contributed by atoms with Gasteiger partial charge in [-0.3, -0.25) is 4.79 Å². The van der Waals surface area contributed by atoms with Gasteiger partial charge in [0.2, 0.25) is 0 Å². The summed E-state index contributed by atoms with van der Waals surface area (Å²) in [6.07, 6.45) is -3.03. The molecule has 0 aliphatic carbocycles. The van der Waals surface area contributed by atoms with Crippen LogP contribution in [0.1, 0.15) is 46.6 Å². The van der Waals surface area contributed by atoms with Crippen molar-refractivity contribution < 1.29 is 18.0 Å². The predicted octanol–water partition coefficient (Wildman–Crippen LogP) is 3.87. The first-order valence-corrected chi connectivity index (χ1v) is 10.5. The Labute approximate surface area is 183 Å². The zero-order chi connectivity index (χ0) is 22.9. The minimum Gasteiger partial charge on any atom is -0.366 e. The highest BCUT2D eigenvalue weighted by Crippen LogP contribution is 2.34. The molecule has 0 bridgehead atoms. The van der Waals surface area contributed by atoms with E-state index >= 15 is 0 Å². The molecular weight excluding hydrogens is 419 g/mol. The zero-order valence-electron chi connectivity index (χ0n) is 17.5. The van der Waals surface area contributed by atoms with E-state index in [1.807, 2.05) is 13.0 Å². The largest absolute Gasteiger partial charge is 0.416 e. The van der Waals surface area contributed by atoms with Gasteiger partial charge in [-0.05, 0) is 42.8 Å². The van der Waals surface area contributed by atoms with E-state index in [-0.39, 0.29) is 12.0 Å². The van der Waals surface area contributed by atoms with Crippen LogP contribution in [0.15, 0.2) is 42.5 Å². The average Bonchev–Trinajstić information content (AvgIpc) is 2.78. The molecule has 1 unspecified atom stereocenters. The van der Waals surface area contributed by atoms with Crippen molar-refractivity contribution in [3.8, 4) is 0 Å². The summed E-state index contributed by atoms with van der Waals surface area (Å²) >= 11 is 0. The Balaban J connectivity index is 1.70. The molecule has 2 heterocycles. The SMILES string of the molecule is CCc1nc(NC2CNCC[C@@H]2c2ccc(C(F)(F)F)cc2)c2cccc(C(N)=O)c2n1. The fourth-order valence-electron chi connectivity index (χ4n) is 4.17. The standard InChI is InChI=1S/C23H24F3N5O/c1-2-19-30-20-16(21(27)32)4-3-5-17(20)22(31-19)29-18-12-28-11-10-15(18)13-6-8-14(9-7-13)23(24,25)26/h3-9,15,18,28H,2,10-12H2,1H3,(H2,27,32)(H,29,30,31)/t15-,18?/m1/s1. The lowest BCUT2D eigenvalue weighted by atomic mass is 9.85. The van der Waals surface area contributed by atoms with E-state index in [2.05, 4.69) is 20.6 Å². The topological polar surface area (TPSA) is 92.9 Å². The van der Waals surface area contributed by atoms with Crippen molar-refractivity contribution >= 4 is 22.6 Å². The van der Waals surface area contributed by atoms with Crippen LogP contribution in [0.3, 0.4) is 0 Å². The number of piperidine rings is 1. The van der Waals surface area contributed by atoms with Gasteiger partial charge in [-0.15, -0.1) is 0 Å². The Morgan fingerprint density at radius 1 is 1.19 bits per heavy atom. The molecule has 1 saturated heterocycles. The van der Waals surface area contributed by atoms with Crippen LogP contribution in [-0.2, 0) is 12.6 Å². The lowest BCUT2D eigenvalue weighted by Crippen LogP contribution is -2.44. The molecule has 1 fully saturated rings. The predicted molar refractivity (Wildman–Crippen MR) is 117 cm³/mol. The first-order chi connectivity index (χ1) is 15.3. The average molecular weight is 443 g/mol. The smallest absolute Gasteiger partial charge is 0.366 e. The van der Waals surface area contributed by atoms with Crippen LogP contribution in [0.2, 0.25) is 0 Å². The van der Waals surface area contributed by atoms with Crippen LogP contribution < -0.4 is 16.4 Å². The summed E-state index contributed by atoms with van der Waals surface area (Å²) in [5, 5.41) is 7.48. The summed E-state index contributed by atoms with van der Waals surface area (Å²) in [6, 6.07) is 10.4. The summed E-state index contributed by atoms with van der Waals surface area (Å²) in [5.74, 6) is 0.585. The minimum absolute atomic E-state index is 0.00653. The highest BCUT2D eigenvalue weighted by atomic mass is 19.4. The molecule has 6 nitrogen and oxygen atoms in total. The second-order valence-corrected chi connectivity index (χ2v) is 7.88. The van der Waals surface area contributed by atoms with E-state index in [4.69, 9.17) is 5.73 Å². The molecule has 4 N–H and O–H groups in total. The molecule has 0 radical (unpaired) electrons. The van der Waals surface area contributed by atoms with Gasteiger partial charge in [-0.1, -0.05) is 25.1 Å². The maximum Gasteiger partial charge on any atom is 0.416 e. The number of carbonyl (C=O) groups excluding carboxylic acids is 1. The molecule has 168 valence electrons. The molecule has 1 amide bonds. The zero-order valence-corrected chi connectivity index (χ0v) is 17.5. The fourth-order valence-corrected chi connectivity index (χ4v) is 4.17. The molecule has 0 saturated carbocycles. The van der Waals surface area contributed by atoms with Crippen LogP contribution in [-0.4, -0.2) is 35.0 Å². The first-order valence-electron chi connectivity index (χ1n) is 10.5. The van der Waals surface area contributed by atoms with E-state index in [1.165, 1.54) is 0 Å². The number of aryl methyl sites for hydroxylation is 1. The molecule has 1 aromatic heterocycles. The maximum atomic E-state index is 13.0. The number of nitrogens with zero attached hydrogens (tertiary/aromatic N) is 2. The lowest BCUT2D eigenvalue weighted by molar-refractivity contribution is -0.137. The van der Waals surface area contributed by atoms with Crippen LogP contribution >= 0.6 is 0 Å². The number of nitrogens with one attached hydrogen (secondary N) is 2. The summed E-state index contributed by atoms with van der Waals surface area (Å²) < 4.78 is 38.9. The van der Waals surface area contributed by atoms with Gasteiger partial charge in [-0.25, -0.2) is 9.97 Å². The number of rotatable bonds is 5. The van der Waals surface area contributed by atoms with Crippen molar-refractivity contribution in [1.82, 2.24) is 15.3 Å². The first kappa shape index (κ1) is 22.0. The van der Waals surface area contributed by atoms with E-state index < -0.39 is 17.6 Å². The van der Waals surface area contributed by atoms with Gasteiger partial charge in [0.05, 0.1) is 16.6 Å². The van der Waals surface area contributed by atoms with Crippen molar-refractivity contribution in [1.29, 1.82) is 0 Å². The van der Waals surface area contributed by atoms with Crippen LogP contribution in [0.5, 0.6) is 0 Å². The molecule has 2 aromatic carbocycles. The van der Waals surface area contributed by atoms with Crippen molar-refractivity contribution in [2.45, 2.75) is 37.9 Å². The van der Waals surface area contributed by atoms with Crippen LogP contribution in [0.25, 0.3) is 10.9 Å². The van der Waals surface area contributed by atoms with Crippen molar-refractivity contribution in [3.05, 3.63) is 65.0 Å². The number of hydrogen-bond donors (Lipinski definition) is 3. The van der Waals surface area contributed by atoms with E-state index in [0.717, 1.165) is 30.7 Å². The number of hydrogen-bond acceptors (Lipinski definition) is 5. The molecule has 4 rings (SSSR count). The van der Waals surface area contributed by atoms with E-state index in [9.17, 15) is 18.0 Å². The summed E-state index contributed by atoms with van der Waals surface area (Å²) in [5.41, 5.74) is 6.53. The Hall–Kier alpha value is -3.20. The summed E-state index contributed by atoms with van der Waals surface area (Å²) in [7, 11) is 0. The van der Waals surface area contributed by atoms with Crippen LogP contribution in [0.4, 0.5) is 19.0 Å². The van der Waals surface area contributed by atoms with Crippen LogP contribution in [0, 0.1) is 0 Å². The number of nitrogens with two attached hydrogens (primary N) is 1. The maximum absolute atomic E-state index is 13.0. The van der Waals surface area contributed by atoms with E-state index in [1.54, 1.807) is 24.3 Å². The van der Waals surface area contributed by atoms with Gasteiger partial charge in [0.1, 0.15) is 11.6 Å². The Kier molecular flexibility index (Phi) is 6.01. The number of halogens is 3. The molecular formula is C23H24F3N5O. The van der Waals surface area contributed by atoms with Gasteiger partial charge < -0.3 is 16.4 Å². The number of benzene rings is 2. The van der Waals surface area contributed by atoms with Gasteiger partial charge in [0, 0.05) is 30.3 Å². The van der Waals surface area contributed by atoms with Crippen molar-refractivity contribution in [2.24, 2.45) is 5.73 Å². The van der Waals surface area contributed by atoms with Gasteiger partial charge >= 0.3 is 6.18 Å². The third-order valence-electron chi connectivity index (χ3n) is 5.82. The van der Waals surface area contributed by atoms with Gasteiger partial charge in [0.15, 0.2) is 0 Å². The Morgan fingerprint density at radius 2 is 1.94 bits per heavy atom. The highest BCUT2D eigenvalue weighted by molar-refractivity contribution is 6.07. The second kappa shape index (κ2) is 8.74. The third-order valence-corrected chi connectivity index (χ3v) is 5.82. The number of para-hydroxylation sites is 1. The number of primary amides is 1. The Morgan fingerprint density at radius 3 is 2.59 bits per heavy atom. The summed E-state index contributed by atoms with van der Waals surface area (Å²) in [4.78, 5) is 21.0. The third kappa shape index (κ3) is 4.38. The number of amides is 1. The quantitative estimate of drug-likeness (QED) is 0.557. The van der Waals surface area contributed by atoms with Crippen molar-refractivity contribution in [2.75, 3.05) is 18.4 Å². The lowest BCUT2D eigenvalue weighted by Gasteiger charge is -2.34. The molecule has 1 aliphatic heterocycles. The second-order valence-electron chi connectivity index (χ2n) is 7.88. The molecule has 32 heavy (non-hydrogen) atoms. The molecule has 3 aromatic rings. The Bertz CT molecular complexity index is 1130. The number of aromatic nitrogens is 2. The molecule has 9 heteroatoms. The summed E-state index contributed by atoms with van der Waals surface area (Å²) in [6.45, 7) is 3.31. The number of anilines is 1. The molecule has 0 spiro atoms.